The van der Waals surface area contributed by atoms with Gasteiger partial charge in [0, 0.05) is 31.6 Å². The maximum absolute atomic E-state index is 11.2. The van der Waals surface area contributed by atoms with Crippen molar-refractivity contribution in [1.29, 1.82) is 0 Å². The Bertz CT molecular complexity index is 271. The summed E-state index contributed by atoms with van der Waals surface area (Å²) in [5.41, 5.74) is 0. The Morgan fingerprint density at radius 1 is 1.20 bits per heavy atom. The first-order valence-corrected chi connectivity index (χ1v) is 8.34. The molecule has 4 heteroatoms. The highest BCUT2D eigenvalue weighted by atomic mass is 16.5. The van der Waals surface area contributed by atoms with Crippen LogP contribution in [0, 0.1) is 0 Å². The van der Waals surface area contributed by atoms with E-state index >= 15 is 0 Å². The second-order valence-corrected chi connectivity index (χ2v) is 5.69. The van der Waals surface area contributed by atoms with Gasteiger partial charge in [-0.05, 0) is 39.2 Å². The van der Waals surface area contributed by atoms with Crippen LogP contribution in [-0.2, 0) is 9.53 Å². The monoisotopic (exact) mass is 284 g/mol. The van der Waals surface area contributed by atoms with Gasteiger partial charge in [0.15, 0.2) is 0 Å². The average Bonchev–Trinajstić information content (AvgIpc) is 2.47. The van der Waals surface area contributed by atoms with E-state index in [1.165, 1.54) is 32.4 Å². The molecule has 1 fully saturated rings. The highest BCUT2D eigenvalue weighted by Crippen LogP contribution is 2.14. The van der Waals surface area contributed by atoms with Crippen LogP contribution < -0.4 is 5.32 Å². The lowest BCUT2D eigenvalue weighted by atomic mass is 10.0. The predicted molar refractivity (Wildman–Crippen MR) is 82.8 cm³/mol. The van der Waals surface area contributed by atoms with Gasteiger partial charge < -0.3 is 10.1 Å². The molecule has 0 aromatic carbocycles. The molecule has 0 saturated carbocycles. The van der Waals surface area contributed by atoms with Crippen molar-refractivity contribution < 1.29 is 9.53 Å². The van der Waals surface area contributed by atoms with Gasteiger partial charge in [0.05, 0.1) is 6.61 Å². The first-order chi connectivity index (χ1) is 9.71. The highest BCUT2D eigenvalue weighted by Gasteiger charge is 2.24. The minimum atomic E-state index is -0.0489. The molecule has 0 aromatic rings. The van der Waals surface area contributed by atoms with Gasteiger partial charge >= 0.3 is 5.97 Å². The SMILES string of the molecule is CCOC(=O)CCCCCN1CC(CC)NCC1CC. The fourth-order valence-corrected chi connectivity index (χ4v) is 2.87. The van der Waals surface area contributed by atoms with Crippen molar-refractivity contribution in [3.05, 3.63) is 0 Å². The van der Waals surface area contributed by atoms with Crippen molar-refractivity contribution in [2.45, 2.75) is 71.4 Å². The minimum Gasteiger partial charge on any atom is -0.466 e. The van der Waals surface area contributed by atoms with E-state index in [0.29, 0.717) is 25.1 Å². The third-order valence-corrected chi connectivity index (χ3v) is 4.21. The normalized spacial score (nSPS) is 23.8. The highest BCUT2D eigenvalue weighted by molar-refractivity contribution is 5.69. The van der Waals surface area contributed by atoms with Gasteiger partial charge in [-0.3, -0.25) is 9.69 Å². The van der Waals surface area contributed by atoms with Crippen LogP contribution in [0.15, 0.2) is 0 Å². The largest absolute Gasteiger partial charge is 0.466 e. The summed E-state index contributed by atoms with van der Waals surface area (Å²) >= 11 is 0. The quantitative estimate of drug-likeness (QED) is 0.522. The standard InChI is InChI=1S/C16H32N2O2/c1-4-14-13-18(15(5-2)12-17-14)11-9-7-8-10-16(19)20-6-3/h14-15,17H,4-13H2,1-3H3. The van der Waals surface area contributed by atoms with E-state index in [2.05, 4.69) is 24.1 Å². The molecule has 1 aliphatic heterocycles. The van der Waals surface area contributed by atoms with Crippen molar-refractivity contribution in [3.63, 3.8) is 0 Å². The number of hydrogen-bond acceptors (Lipinski definition) is 4. The molecule has 0 spiro atoms. The van der Waals surface area contributed by atoms with Crippen molar-refractivity contribution in [2.75, 3.05) is 26.2 Å². The van der Waals surface area contributed by atoms with Crippen LogP contribution in [-0.4, -0.2) is 49.2 Å². The molecule has 20 heavy (non-hydrogen) atoms. The number of nitrogens with zero attached hydrogens (tertiary/aromatic N) is 1. The zero-order valence-electron chi connectivity index (χ0n) is 13.5. The maximum atomic E-state index is 11.2. The third kappa shape index (κ3) is 6.23. The van der Waals surface area contributed by atoms with Crippen molar-refractivity contribution >= 4 is 5.97 Å². The zero-order chi connectivity index (χ0) is 14.8. The van der Waals surface area contributed by atoms with Crippen LogP contribution in [0.3, 0.4) is 0 Å². The van der Waals surface area contributed by atoms with E-state index in [4.69, 9.17) is 4.74 Å². The average molecular weight is 284 g/mol. The first-order valence-electron chi connectivity index (χ1n) is 8.34. The molecule has 2 unspecified atom stereocenters. The Labute approximate surface area is 124 Å². The molecule has 0 aliphatic carbocycles. The lowest BCUT2D eigenvalue weighted by Crippen LogP contribution is -2.56. The Morgan fingerprint density at radius 3 is 2.65 bits per heavy atom. The van der Waals surface area contributed by atoms with Crippen LogP contribution in [0.4, 0.5) is 0 Å². The van der Waals surface area contributed by atoms with Gasteiger partial charge in [-0.15, -0.1) is 0 Å². The van der Waals surface area contributed by atoms with E-state index < -0.39 is 0 Å². The number of hydrogen-bond donors (Lipinski definition) is 1. The molecule has 0 radical (unpaired) electrons. The fourth-order valence-electron chi connectivity index (χ4n) is 2.87. The summed E-state index contributed by atoms with van der Waals surface area (Å²) in [6, 6.07) is 1.33. The topological polar surface area (TPSA) is 41.6 Å². The summed E-state index contributed by atoms with van der Waals surface area (Å²) < 4.78 is 4.94. The molecule has 1 rings (SSSR count). The molecule has 2 atom stereocenters. The van der Waals surface area contributed by atoms with Gasteiger partial charge in [-0.2, -0.15) is 0 Å². The molecule has 1 N–H and O–H groups in total. The number of ether oxygens (including phenoxy) is 1. The molecule has 1 heterocycles. The van der Waals surface area contributed by atoms with Crippen LogP contribution >= 0.6 is 0 Å². The van der Waals surface area contributed by atoms with Crippen LogP contribution in [0.1, 0.15) is 59.3 Å². The van der Waals surface area contributed by atoms with Gasteiger partial charge in [-0.1, -0.05) is 20.3 Å². The lowest BCUT2D eigenvalue weighted by Gasteiger charge is -2.40. The van der Waals surface area contributed by atoms with Crippen molar-refractivity contribution in [2.24, 2.45) is 0 Å². The third-order valence-electron chi connectivity index (χ3n) is 4.21. The number of nitrogens with one attached hydrogen (secondary N) is 1. The van der Waals surface area contributed by atoms with E-state index in [9.17, 15) is 4.79 Å². The summed E-state index contributed by atoms with van der Waals surface area (Å²) in [4.78, 5) is 13.9. The van der Waals surface area contributed by atoms with Crippen LogP contribution in [0.5, 0.6) is 0 Å². The number of carbonyl (C=O) groups excluding carboxylic acids is 1. The van der Waals surface area contributed by atoms with Crippen molar-refractivity contribution in [3.8, 4) is 0 Å². The van der Waals surface area contributed by atoms with Gasteiger partial charge in [0.25, 0.3) is 0 Å². The molecular formula is C16H32N2O2. The van der Waals surface area contributed by atoms with Crippen LogP contribution in [0.25, 0.3) is 0 Å². The Balaban J connectivity index is 2.16. The Hall–Kier alpha value is -0.610. The van der Waals surface area contributed by atoms with Crippen LogP contribution in [0.2, 0.25) is 0 Å². The molecule has 1 aliphatic rings. The molecule has 118 valence electrons. The van der Waals surface area contributed by atoms with Gasteiger partial charge in [0.2, 0.25) is 0 Å². The molecule has 0 bridgehead atoms. The molecule has 0 aromatic heterocycles. The molecule has 4 nitrogen and oxygen atoms in total. The summed E-state index contributed by atoms with van der Waals surface area (Å²) in [6.45, 7) is 10.3. The van der Waals surface area contributed by atoms with Gasteiger partial charge in [0.1, 0.15) is 0 Å². The second-order valence-electron chi connectivity index (χ2n) is 5.69. The number of piperazine rings is 1. The minimum absolute atomic E-state index is 0.0489. The first kappa shape index (κ1) is 17.4. The smallest absolute Gasteiger partial charge is 0.305 e. The lowest BCUT2D eigenvalue weighted by molar-refractivity contribution is -0.143. The summed E-state index contributed by atoms with van der Waals surface area (Å²) in [5, 5.41) is 3.63. The number of esters is 1. The van der Waals surface area contributed by atoms with E-state index in [1.54, 1.807) is 0 Å². The number of rotatable bonds is 9. The molecule has 1 saturated heterocycles. The summed E-state index contributed by atoms with van der Waals surface area (Å²) in [5.74, 6) is -0.0489. The summed E-state index contributed by atoms with van der Waals surface area (Å²) in [6.07, 6.45) is 6.26. The second kappa shape index (κ2) is 10.2. The van der Waals surface area contributed by atoms with E-state index in [0.717, 1.165) is 19.4 Å². The zero-order valence-corrected chi connectivity index (χ0v) is 13.5. The summed E-state index contributed by atoms with van der Waals surface area (Å²) in [7, 11) is 0. The molecule has 0 amide bonds. The van der Waals surface area contributed by atoms with Crippen molar-refractivity contribution in [1.82, 2.24) is 10.2 Å². The number of carbonyl (C=O) groups is 1. The van der Waals surface area contributed by atoms with Gasteiger partial charge in [-0.25, -0.2) is 0 Å². The Morgan fingerprint density at radius 2 is 2.00 bits per heavy atom. The number of unbranched alkanes of at least 4 members (excludes halogenated alkanes) is 2. The predicted octanol–water partition coefficient (Wildman–Crippen LogP) is 2.57. The maximum Gasteiger partial charge on any atom is 0.305 e. The van der Waals surface area contributed by atoms with E-state index in [-0.39, 0.29) is 5.97 Å². The Kier molecular flexibility index (Phi) is 8.86. The fraction of sp³-hybridized carbons (Fsp3) is 0.938. The van der Waals surface area contributed by atoms with E-state index in [1.807, 2.05) is 6.92 Å². The molecular weight excluding hydrogens is 252 g/mol.